The van der Waals surface area contributed by atoms with Crippen LogP contribution in [0.2, 0.25) is 0 Å². The number of aromatic nitrogens is 2. The summed E-state index contributed by atoms with van der Waals surface area (Å²) >= 11 is 3.35. The van der Waals surface area contributed by atoms with Crippen LogP contribution in [0.5, 0.6) is 0 Å². The van der Waals surface area contributed by atoms with E-state index in [1.54, 1.807) is 34.3 Å². The normalized spacial score (nSPS) is 17.5. The monoisotopic (exact) mass is 397 g/mol. The van der Waals surface area contributed by atoms with E-state index in [-0.39, 0.29) is 11.2 Å². The molecule has 0 spiro atoms. The highest BCUT2D eigenvalue weighted by Crippen LogP contribution is 2.44. The van der Waals surface area contributed by atoms with E-state index in [4.69, 9.17) is 0 Å². The minimum absolute atomic E-state index is 0.0793. The molecule has 0 N–H and O–H groups in total. The molecule has 0 fully saturated rings. The molecule has 2 heterocycles. The maximum atomic E-state index is 12.9. The third-order valence-corrected chi connectivity index (χ3v) is 7.46. The third-order valence-electron chi connectivity index (χ3n) is 5.05. The predicted molar refractivity (Wildman–Crippen MR) is 112 cm³/mol. The number of amides is 1. The lowest BCUT2D eigenvalue weighted by Crippen LogP contribution is -2.26. The summed E-state index contributed by atoms with van der Waals surface area (Å²) in [5.74, 6) is 0.803. The molecule has 2 atom stereocenters. The summed E-state index contributed by atoms with van der Waals surface area (Å²) in [6.45, 7) is 2.32. The number of aryl methyl sites for hydroxylation is 1. The predicted octanol–water partition coefficient (Wildman–Crippen LogP) is 4.74. The van der Waals surface area contributed by atoms with Crippen LogP contribution in [-0.4, -0.2) is 34.9 Å². The Morgan fingerprint density at radius 1 is 1.26 bits per heavy atom. The quantitative estimate of drug-likeness (QED) is 0.471. The van der Waals surface area contributed by atoms with Crippen molar-refractivity contribution in [1.82, 2.24) is 14.9 Å². The van der Waals surface area contributed by atoms with Crippen LogP contribution in [0, 0.1) is 5.92 Å². The fraction of sp³-hybridized carbons (Fsp3) is 0.381. The first-order valence-corrected chi connectivity index (χ1v) is 10.9. The summed E-state index contributed by atoms with van der Waals surface area (Å²) in [6, 6.07) is 9.97. The van der Waals surface area contributed by atoms with Gasteiger partial charge >= 0.3 is 0 Å². The molecule has 4 nitrogen and oxygen atoms in total. The van der Waals surface area contributed by atoms with Gasteiger partial charge in [-0.15, -0.1) is 11.3 Å². The number of fused-ring (bicyclic) bond motifs is 3. The van der Waals surface area contributed by atoms with Gasteiger partial charge < -0.3 is 4.90 Å². The van der Waals surface area contributed by atoms with E-state index in [2.05, 4.69) is 16.9 Å². The van der Waals surface area contributed by atoms with Gasteiger partial charge in [0.05, 0.1) is 0 Å². The van der Waals surface area contributed by atoms with Crippen LogP contribution in [0.25, 0.3) is 10.2 Å². The van der Waals surface area contributed by atoms with Crippen molar-refractivity contribution in [3.63, 3.8) is 0 Å². The van der Waals surface area contributed by atoms with Crippen molar-refractivity contribution < 1.29 is 4.79 Å². The Hall–Kier alpha value is -1.92. The van der Waals surface area contributed by atoms with Crippen LogP contribution >= 0.6 is 23.1 Å². The fourth-order valence-electron chi connectivity index (χ4n) is 3.57. The highest BCUT2D eigenvalue weighted by molar-refractivity contribution is 8.00. The summed E-state index contributed by atoms with van der Waals surface area (Å²) in [7, 11) is 3.62. The lowest BCUT2D eigenvalue weighted by atomic mass is 9.89. The van der Waals surface area contributed by atoms with Gasteiger partial charge in [-0.25, -0.2) is 9.97 Å². The topological polar surface area (TPSA) is 46.1 Å². The minimum Gasteiger partial charge on any atom is -0.348 e. The van der Waals surface area contributed by atoms with E-state index in [1.807, 2.05) is 44.4 Å². The molecular formula is C21H23N3OS2. The van der Waals surface area contributed by atoms with E-state index in [1.165, 1.54) is 22.2 Å². The summed E-state index contributed by atoms with van der Waals surface area (Å²) in [5, 5.41) is 1.79. The van der Waals surface area contributed by atoms with Gasteiger partial charge in [0.25, 0.3) is 0 Å². The van der Waals surface area contributed by atoms with Crippen molar-refractivity contribution in [3.05, 3.63) is 52.7 Å². The van der Waals surface area contributed by atoms with E-state index in [0.29, 0.717) is 0 Å². The third kappa shape index (κ3) is 3.60. The van der Waals surface area contributed by atoms with Crippen molar-refractivity contribution in [2.45, 2.75) is 36.5 Å². The molecule has 140 valence electrons. The van der Waals surface area contributed by atoms with Crippen LogP contribution < -0.4 is 0 Å². The molecule has 0 bridgehead atoms. The molecule has 27 heavy (non-hydrogen) atoms. The number of carbonyl (C=O) groups is 1. The summed E-state index contributed by atoms with van der Waals surface area (Å²) in [6.07, 6.45) is 5.04. The molecule has 0 aliphatic heterocycles. The van der Waals surface area contributed by atoms with Crippen LogP contribution in [-0.2, 0) is 17.6 Å². The number of hydrogen-bond donors (Lipinski definition) is 0. The zero-order valence-electron chi connectivity index (χ0n) is 15.8. The number of benzene rings is 1. The summed E-state index contributed by atoms with van der Waals surface area (Å²) in [4.78, 5) is 26.2. The molecule has 1 aliphatic rings. The van der Waals surface area contributed by atoms with E-state index in [9.17, 15) is 4.79 Å². The number of likely N-dealkylation sites (N-methyl/N-ethyl adjacent to an activating group) is 1. The van der Waals surface area contributed by atoms with Gasteiger partial charge in [-0.3, -0.25) is 4.79 Å². The Bertz CT molecular complexity index is 968. The molecule has 4 rings (SSSR count). The number of nitrogens with zero attached hydrogens (tertiary/aromatic N) is 3. The van der Waals surface area contributed by atoms with E-state index >= 15 is 0 Å². The minimum atomic E-state index is -0.308. The first kappa shape index (κ1) is 18.4. The van der Waals surface area contributed by atoms with E-state index in [0.717, 1.165) is 34.2 Å². The molecule has 0 unspecified atom stereocenters. The molecule has 1 amide bonds. The number of carbonyl (C=O) groups excluding carboxylic acids is 1. The van der Waals surface area contributed by atoms with Crippen LogP contribution in [0.3, 0.4) is 0 Å². The van der Waals surface area contributed by atoms with Crippen molar-refractivity contribution in [2.24, 2.45) is 5.92 Å². The number of thioether (sulfide) groups is 1. The summed E-state index contributed by atoms with van der Waals surface area (Å²) in [5.41, 5.74) is 2.41. The molecule has 1 aromatic carbocycles. The molecule has 0 saturated heterocycles. The maximum absolute atomic E-state index is 12.9. The zero-order chi connectivity index (χ0) is 19.0. The van der Waals surface area contributed by atoms with Gasteiger partial charge in [-0.1, -0.05) is 49.0 Å². The first-order valence-electron chi connectivity index (χ1n) is 9.22. The van der Waals surface area contributed by atoms with Gasteiger partial charge in [-0.05, 0) is 36.3 Å². The lowest BCUT2D eigenvalue weighted by Gasteiger charge is -2.21. The van der Waals surface area contributed by atoms with Gasteiger partial charge in [-0.2, -0.15) is 0 Å². The first-order chi connectivity index (χ1) is 13.0. The average Bonchev–Trinajstić information content (AvgIpc) is 3.04. The Balaban J connectivity index is 1.78. The van der Waals surface area contributed by atoms with Gasteiger partial charge in [0.2, 0.25) is 5.91 Å². The Morgan fingerprint density at radius 3 is 2.78 bits per heavy atom. The number of hydrogen-bond acceptors (Lipinski definition) is 5. The van der Waals surface area contributed by atoms with Crippen molar-refractivity contribution in [3.8, 4) is 0 Å². The van der Waals surface area contributed by atoms with E-state index < -0.39 is 0 Å². The SMILES string of the molecule is C[C@H]1CCc2c(sc3ncnc(S[C@H](C(=O)N(C)C)c4ccccc4)c23)C1. The average molecular weight is 398 g/mol. The highest BCUT2D eigenvalue weighted by Gasteiger charge is 2.28. The van der Waals surface area contributed by atoms with Crippen LogP contribution in [0.1, 0.15) is 34.6 Å². The fourth-order valence-corrected chi connectivity index (χ4v) is 6.26. The smallest absolute Gasteiger partial charge is 0.240 e. The second kappa shape index (κ2) is 7.60. The lowest BCUT2D eigenvalue weighted by molar-refractivity contribution is -0.128. The number of rotatable bonds is 4. The Morgan fingerprint density at radius 2 is 2.04 bits per heavy atom. The van der Waals surface area contributed by atoms with Crippen molar-refractivity contribution in [2.75, 3.05) is 14.1 Å². The molecule has 0 saturated carbocycles. The molecule has 0 radical (unpaired) electrons. The Labute approximate surface area is 168 Å². The molecule has 3 aromatic rings. The van der Waals surface area contributed by atoms with Crippen molar-refractivity contribution in [1.29, 1.82) is 0 Å². The molecule has 6 heteroatoms. The Kier molecular flexibility index (Phi) is 5.19. The van der Waals surface area contributed by atoms with Gasteiger partial charge in [0, 0.05) is 24.4 Å². The number of thiophene rings is 1. The standard InChI is InChI=1S/C21H23N3OS2/c1-13-9-10-15-16(11-13)26-19-17(15)20(23-12-22-19)27-18(21(25)24(2)3)14-7-5-4-6-8-14/h4-8,12-13,18H,9-11H2,1-3H3/t13-,18-/m0/s1. The highest BCUT2D eigenvalue weighted by atomic mass is 32.2. The zero-order valence-corrected chi connectivity index (χ0v) is 17.4. The van der Waals surface area contributed by atoms with Crippen LogP contribution in [0.4, 0.5) is 0 Å². The molecule has 2 aromatic heterocycles. The molecule has 1 aliphatic carbocycles. The molecular weight excluding hydrogens is 374 g/mol. The van der Waals surface area contributed by atoms with Crippen LogP contribution in [0.15, 0.2) is 41.7 Å². The summed E-state index contributed by atoms with van der Waals surface area (Å²) < 4.78 is 0. The second-order valence-corrected chi connectivity index (χ2v) is 9.53. The largest absolute Gasteiger partial charge is 0.348 e. The van der Waals surface area contributed by atoms with Crippen molar-refractivity contribution >= 4 is 39.2 Å². The second-order valence-electron chi connectivity index (χ2n) is 7.35. The van der Waals surface area contributed by atoms with Gasteiger partial charge in [0.1, 0.15) is 21.4 Å². The van der Waals surface area contributed by atoms with Gasteiger partial charge in [0.15, 0.2) is 0 Å². The maximum Gasteiger partial charge on any atom is 0.240 e.